The highest BCUT2D eigenvalue weighted by Crippen LogP contribution is 2.37. The number of carbonyl (C=O) groups is 2. The number of benzene rings is 1. The summed E-state index contributed by atoms with van der Waals surface area (Å²) in [4.78, 5) is 27.7. The van der Waals surface area contributed by atoms with E-state index in [4.69, 9.17) is 4.74 Å². The zero-order valence-corrected chi connectivity index (χ0v) is 14.2. The van der Waals surface area contributed by atoms with Gasteiger partial charge in [0.15, 0.2) is 0 Å². The van der Waals surface area contributed by atoms with Crippen molar-refractivity contribution < 1.29 is 18.7 Å². The smallest absolute Gasteiger partial charge is 0.341 e. The van der Waals surface area contributed by atoms with E-state index in [1.165, 1.54) is 36.6 Å². The Balaban J connectivity index is 1.97. The van der Waals surface area contributed by atoms with Crippen molar-refractivity contribution in [3.05, 3.63) is 51.7 Å². The number of ether oxygens (including phenoxy) is 1. The third-order valence-corrected chi connectivity index (χ3v) is 5.12. The molecule has 0 bridgehead atoms. The molecule has 7 heteroatoms. The second kappa shape index (κ2) is 6.70. The van der Waals surface area contributed by atoms with Gasteiger partial charge in [-0.05, 0) is 31.2 Å². The molecular weight excluding hydrogens is 331 g/mol. The fraction of sp³-hybridized carbons (Fsp3) is 0.294. The summed E-state index contributed by atoms with van der Waals surface area (Å²) in [5.74, 6) is -1.67. The predicted octanol–water partition coefficient (Wildman–Crippen LogP) is 2.91. The molecule has 1 aliphatic heterocycles. The minimum atomic E-state index is -0.601. The maximum Gasteiger partial charge on any atom is 0.341 e. The first-order chi connectivity index (χ1) is 11.5. The lowest BCUT2D eigenvalue weighted by Gasteiger charge is -2.22. The molecule has 3 rings (SSSR count). The Kier molecular flexibility index (Phi) is 4.64. The number of esters is 1. The highest BCUT2D eigenvalue weighted by atomic mass is 32.1. The lowest BCUT2D eigenvalue weighted by atomic mass is 10.0. The maximum atomic E-state index is 13.8. The monoisotopic (exact) mass is 348 g/mol. The van der Waals surface area contributed by atoms with Crippen molar-refractivity contribution >= 4 is 28.2 Å². The molecule has 24 heavy (non-hydrogen) atoms. The number of methoxy groups -OCH3 is 1. The quantitative estimate of drug-likeness (QED) is 0.867. The van der Waals surface area contributed by atoms with E-state index in [1.54, 1.807) is 6.07 Å². The van der Waals surface area contributed by atoms with Gasteiger partial charge in [-0.15, -0.1) is 11.3 Å². The lowest BCUT2D eigenvalue weighted by molar-refractivity contribution is 0.0600. The molecule has 0 radical (unpaired) electrons. The summed E-state index contributed by atoms with van der Waals surface area (Å²) >= 11 is 1.34. The van der Waals surface area contributed by atoms with Crippen LogP contribution >= 0.6 is 11.3 Å². The van der Waals surface area contributed by atoms with Gasteiger partial charge < -0.3 is 15.0 Å². The van der Waals surface area contributed by atoms with E-state index >= 15 is 0 Å². The number of fused-ring (bicyclic) bond motifs is 1. The average Bonchev–Trinajstić information content (AvgIpc) is 2.91. The highest BCUT2D eigenvalue weighted by Gasteiger charge is 2.28. The standard InChI is InChI=1S/C17H17FN2O3S/c1-20-8-7-11-13(9-20)24-16(14(11)17(22)23-2)19-15(21)10-5-3-4-6-12(10)18/h3-6H,7-9H2,1-2H3,(H,19,21). The SMILES string of the molecule is COC(=O)c1c(NC(=O)c2ccccc2F)sc2c1CCN(C)C2. The Morgan fingerprint density at radius 3 is 2.79 bits per heavy atom. The third kappa shape index (κ3) is 3.05. The minimum Gasteiger partial charge on any atom is -0.465 e. The first-order valence-corrected chi connectivity index (χ1v) is 8.30. The number of carbonyl (C=O) groups excluding carboxylic acids is 2. The van der Waals surface area contributed by atoms with Crippen LogP contribution in [0.4, 0.5) is 9.39 Å². The molecule has 0 fully saturated rings. The van der Waals surface area contributed by atoms with Gasteiger partial charge in [0.1, 0.15) is 10.8 Å². The van der Waals surface area contributed by atoms with E-state index in [9.17, 15) is 14.0 Å². The van der Waals surface area contributed by atoms with Crippen molar-refractivity contribution in [2.45, 2.75) is 13.0 Å². The van der Waals surface area contributed by atoms with Crippen molar-refractivity contribution in [3.63, 3.8) is 0 Å². The number of rotatable bonds is 3. The molecule has 1 aromatic heterocycles. The third-order valence-electron chi connectivity index (χ3n) is 3.98. The van der Waals surface area contributed by atoms with Crippen LogP contribution < -0.4 is 5.32 Å². The number of amides is 1. The van der Waals surface area contributed by atoms with Crippen LogP contribution in [0.2, 0.25) is 0 Å². The fourth-order valence-electron chi connectivity index (χ4n) is 2.75. The second-order valence-electron chi connectivity index (χ2n) is 5.62. The summed E-state index contributed by atoms with van der Waals surface area (Å²) < 4.78 is 18.7. The largest absolute Gasteiger partial charge is 0.465 e. The van der Waals surface area contributed by atoms with Crippen LogP contribution in [-0.2, 0) is 17.7 Å². The molecule has 0 spiro atoms. The molecule has 0 aliphatic carbocycles. The first-order valence-electron chi connectivity index (χ1n) is 7.48. The molecule has 0 atom stereocenters. The number of halogens is 1. The fourth-order valence-corrected chi connectivity index (χ4v) is 4.06. The number of nitrogens with zero attached hydrogens (tertiary/aromatic N) is 1. The Morgan fingerprint density at radius 2 is 2.08 bits per heavy atom. The molecule has 0 saturated heterocycles. The van der Waals surface area contributed by atoms with Crippen LogP contribution in [0, 0.1) is 5.82 Å². The molecule has 1 aliphatic rings. The van der Waals surface area contributed by atoms with Gasteiger partial charge >= 0.3 is 5.97 Å². The van der Waals surface area contributed by atoms with Crippen LogP contribution in [0.3, 0.4) is 0 Å². The number of hydrogen-bond acceptors (Lipinski definition) is 5. The summed E-state index contributed by atoms with van der Waals surface area (Å²) in [7, 11) is 3.31. The molecular formula is C17H17FN2O3S. The van der Waals surface area contributed by atoms with E-state index in [2.05, 4.69) is 10.2 Å². The van der Waals surface area contributed by atoms with E-state index in [1.807, 2.05) is 7.05 Å². The molecule has 0 saturated carbocycles. The van der Waals surface area contributed by atoms with Crippen molar-refractivity contribution in [2.24, 2.45) is 0 Å². The zero-order chi connectivity index (χ0) is 17.3. The Labute approximate surface area is 143 Å². The number of thiophene rings is 1. The van der Waals surface area contributed by atoms with Crippen molar-refractivity contribution in [1.82, 2.24) is 4.90 Å². The number of nitrogens with one attached hydrogen (secondary N) is 1. The Bertz CT molecular complexity index is 803. The van der Waals surface area contributed by atoms with Crippen molar-refractivity contribution in [2.75, 3.05) is 26.0 Å². The van der Waals surface area contributed by atoms with Gasteiger partial charge in [0.05, 0.1) is 18.2 Å². The summed E-state index contributed by atoms with van der Waals surface area (Å²) in [5.41, 5.74) is 1.24. The van der Waals surface area contributed by atoms with Gasteiger partial charge in [0.2, 0.25) is 0 Å². The number of hydrogen-bond donors (Lipinski definition) is 1. The van der Waals surface area contributed by atoms with Gasteiger partial charge in [-0.2, -0.15) is 0 Å². The summed E-state index contributed by atoms with van der Waals surface area (Å²) in [6.45, 7) is 1.54. The van der Waals surface area contributed by atoms with Crippen LogP contribution in [0.5, 0.6) is 0 Å². The molecule has 2 heterocycles. The van der Waals surface area contributed by atoms with Crippen molar-refractivity contribution in [3.8, 4) is 0 Å². The van der Waals surface area contributed by atoms with Crippen LogP contribution in [0.15, 0.2) is 24.3 Å². The molecule has 0 unspecified atom stereocenters. The number of likely N-dealkylation sites (N-methyl/N-ethyl adjacent to an activating group) is 1. The maximum absolute atomic E-state index is 13.8. The summed E-state index contributed by atoms with van der Waals surface area (Å²) in [6, 6.07) is 5.74. The molecule has 1 amide bonds. The average molecular weight is 348 g/mol. The predicted molar refractivity (Wildman–Crippen MR) is 90.0 cm³/mol. The van der Waals surface area contributed by atoms with Crippen molar-refractivity contribution in [1.29, 1.82) is 0 Å². The summed E-state index contributed by atoms with van der Waals surface area (Å²) in [6.07, 6.45) is 0.711. The van der Waals surface area contributed by atoms with Crippen LogP contribution in [0.1, 0.15) is 31.2 Å². The topological polar surface area (TPSA) is 58.6 Å². The van der Waals surface area contributed by atoms with Crippen LogP contribution in [0.25, 0.3) is 0 Å². The molecule has 1 N–H and O–H groups in total. The van der Waals surface area contributed by atoms with Gasteiger partial charge in [-0.3, -0.25) is 4.79 Å². The Hall–Kier alpha value is -2.25. The lowest BCUT2D eigenvalue weighted by Crippen LogP contribution is -2.26. The molecule has 5 nitrogen and oxygen atoms in total. The van der Waals surface area contributed by atoms with Crippen LogP contribution in [-0.4, -0.2) is 37.5 Å². The second-order valence-corrected chi connectivity index (χ2v) is 6.73. The highest BCUT2D eigenvalue weighted by molar-refractivity contribution is 7.17. The minimum absolute atomic E-state index is 0.0585. The molecule has 126 valence electrons. The molecule has 1 aromatic carbocycles. The number of anilines is 1. The normalized spacial score (nSPS) is 14.1. The molecule has 2 aromatic rings. The van der Waals surface area contributed by atoms with E-state index in [-0.39, 0.29) is 5.56 Å². The van der Waals surface area contributed by atoms with E-state index < -0.39 is 17.7 Å². The van der Waals surface area contributed by atoms with Gasteiger partial charge in [0.25, 0.3) is 5.91 Å². The van der Waals surface area contributed by atoms with E-state index in [0.29, 0.717) is 23.5 Å². The van der Waals surface area contributed by atoms with E-state index in [0.717, 1.165) is 17.0 Å². The zero-order valence-electron chi connectivity index (χ0n) is 13.4. The Morgan fingerprint density at radius 1 is 1.33 bits per heavy atom. The van der Waals surface area contributed by atoms with Gasteiger partial charge in [-0.1, -0.05) is 12.1 Å². The first kappa shape index (κ1) is 16.6. The summed E-state index contributed by atoms with van der Waals surface area (Å²) in [5, 5.41) is 3.09. The van der Waals surface area contributed by atoms with Gasteiger partial charge in [0, 0.05) is 18.0 Å². The van der Waals surface area contributed by atoms with Gasteiger partial charge in [-0.25, -0.2) is 9.18 Å².